The second-order valence-electron chi connectivity index (χ2n) is 6.13. The van der Waals surface area contributed by atoms with E-state index in [9.17, 15) is 9.18 Å². The van der Waals surface area contributed by atoms with Crippen molar-refractivity contribution in [2.45, 2.75) is 18.9 Å². The van der Waals surface area contributed by atoms with Crippen LogP contribution in [0.4, 0.5) is 10.2 Å². The smallest absolute Gasteiger partial charge is 0.253 e. The third-order valence-corrected chi connectivity index (χ3v) is 4.48. The van der Waals surface area contributed by atoms with Crippen molar-refractivity contribution >= 4 is 11.7 Å². The van der Waals surface area contributed by atoms with E-state index >= 15 is 0 Å². The summed E-state index contributed by atoms with van der Waals surface area (Å²) in [5.41, 5.74) is 0.570. The van der Waals surface area contributed by atoms with Crippen molar-refractivity contribution in [1.82, 2.24) is 9.88 Å². The highest BCUT2D eigenvalue weighted by Gasteiger charge is 2.24. The molecule has 0 bridgehead atoms. The molecule has 7 heteroatoms. The molecule has 26 heavy (non-hydrogen) atoms. The maximum atomic E-state index is 13.2. The van der Waals surface area contributed by atoms with Gasteiger partial charge in [-0.1, -0.05) is 6.07 Å². The van der Waals surface area contributed by atoms with Crippen LogP contribution in [-0.4, -0.2) is 49.1 Å². The van der Waals surface area contributed by atoms with Gasteiger partial charge in [0.2, 0.25) is 5.95 Å². The number of nitrogens with zero attached hydrogens (tertiary/aromatic N) is 2. The molecular formula is C19H22FN3O3. The molecule has 0 atom stereocenters. The van der Waals surface area contributed by atoms with Gasteiger partial charge in [0.1, 0.15) is 5.82 Å². The average Bonchev–Trinajstić information content (AvgIpc) is 2.67. The molecule has 2 aromatic rings. The van der Waals surface area contributed by atoms with Gasteiger partial charge in [-0.05, 0) is 43.2 Å². The first-order valence-electron chi connectivity index (χ1n) is 8.51. The molecule has 1 aliphatic heterocycles. The van der Waals surface area contributed by atoms with Crippen molar-refractivity contribution in [3.63, 3.8) is 0 Å². The Hall–Kier alpha value is -2.83. The first-order chi connectivity index (χ1) is 12.6. The summed E-state index contributed by atoms with van der Waals surface area (Å²) in [5, 5.41) is 3.23. The number of hydrogen-bond acceptors (Lipinski definition) is 5. The topological polar surface area (TPSA) is 63.7 Å². The number of piperidine rings is 1. The molecule has 0 unspecified atom stereocenters. The zero-order valence-corrected chi connectivity index (χ0v) is 14.9. The van der Waals surface area contributed by atoms with Crippen molar-refractivity contribution in [3.8, 4) is 11.5 Å². The Morgan fingerprint density at radius 2 is 1.88 bits per heavy atom. The van der Waals surface area contributed by atoms with E-state index in [1.807, 2.05) is 4.90 Å². The van der Waals surface area contributed by atoms with E-state index < -0.39 is 5.95 Å². The summed E-state index contributed by atoms with van der Waals surface area (Å²) in [7, 11) is 3.11. The number of hydrogen-bond donors (Lipinski definition) is 1. The number of methoxy groups -OCH3 is 2. The van der Waals surface area contributed by atoms with Gasteiger partial charge in [0.05, 0.1) is 14.2 Å². The van der Waals surface area contributed by atoms with Gasteiger partial charge in [0, 0.05) is 24.7 Å². The third-order valence-electron chi connectivity index (χ3n) is 4.48. The summed E-state index contributed by atoms with van der Waals surface area (Å²) >= 11 is 0. The zero-order chi connectivity index (χ0) is 18.5. The number of carbonyl (C=O) groups is 1. The number of nitrogens with one attached hydrogen (secondary N) is 1. The van der Waals surface area contributed by atoms with Crippen LogP contribution in [0.3, 0.4) is 0 Å². The fraction of sp³-hybridized carbons (Fsp3) is 0.368. The van der Waals surface area contributed by atoms with Crippen LogP contribution in [0.15, 0.2) is 36.4 Å². The van der Waals surface area contributed by atoms with Crippen LogP contribution in [-0.2, 0) is 0 Å². The molecular weight excluding hydrogens is 337 g/mol. The molecule has 2 heterocycles. The van der Waals surface area contributed by atoms with E-state index in [-0.39, 0.29) is 11.9 Å². The standard InChI is InChI=1S/C19H22FN3O3/c1-25-15-7-6-13(12-16(15)26-2)19(24)23-10-8-14(9-11-23)21-18-5-3-4-17(20)22-18/h3-7,12,14H,8-11H2,1-2H3,(H,21,22). The van der Waals surface area contributed by atoms with Crippen LogP contribution >= 0.6 is 0 Å². The maximum Gasteiger partial charge on any atom is 0.253 e. The molecule has 0 saturated carbocycles. The normalized spacial score (nSPS) is 14.8. The molecule has 1 aromatic heterocycles. The van der Waals surface area contributed by atoms with E-state index in [0.717, 1.165) is 12.8 Å². The van der Waals surface area contributed by atoms with Crippen LogP contribution in [0.25, 0.3) is 0 Å². The Kier molecular flexibility index (Phi) is 5.55. The lowest BCUT2D eigenvalue weighted by Gasteiger charge is -2.32. The van der Waals surface area contributed by atoms with Crippen molar-refractivity contribution in [1.29, 1.82) is 0 Å². The highest BCUT2D eigenvalue weighted by atomic mass is 19.1. The molecule has 138 valence electrons. The van der Waals surface area contributed by atoms with Crippen LogP contribution in [0.2, 0.25) is 0 Å². The summed E-state index contributed by atoms with van der Waals surface area (Å²) in [6, 6.07) is 10.0. The second kappa shape index (κ2) is 8.03. The first kappa shape index (κ1) is 18.0. The third kappa shape index (κ3) is 4.04. The molecule has 1 saturated heterocycles. The number of rotatable bonds is 5. The van der Waals surface area contributed by atoms with Crippen molar-refractivity contribution in [2.24, 2.45) is 0 Å². The molecule has 1 aliphatic rings. The van der Waals surface area contributed by atoms with Gasteiger partial charge < -0.3 is 19.7 Å². The lowest BCUT2D eigenvalue weighted by Crippen LogP contribution is -2.42. The molecule has 1 fully saturated rings. The van der Waals surface area contributed by atoms with Crippen molar-refractivity contribution in [2.75, 3.05) is 32.6 Å². The average molecular weight is 359 g/mol. The number of benzene rings is 1. The first-order valence-corrected chi connectivity index (χ1v) is 8.51. The fourth-order valence-electron chi connectivity index (χ4n) is 3.08. The minimum absolute atomic E-state index is 0.0340. The van der Waals surface area contributed by atoms with Gasteiger partial charge in [0.15, 0.2) is 11.5 Å². The number of ether oxygens (including phenoxy) is 2. The Morgan fingerprint density at radius 3 is 2.54 bits per heavy atom. The van der Waals surface area contributed by atoms with E-state index in [4.69, 9.17) is 9.47 Å². The fourth-order valence-corrected chi connectivity index (χ4v) is 3.08. The molecule has 0 spiro atoms. The van der Waals surface area contributed by atoms with Gasteiger partial charge in [-0.2, -0.15) is 4.39 Å². The summed E-state index contributed by atoms with van der Waals surface area (Å²) in [5.74, 6) is 1.11. The summed E-state index contributed by atoms with van der Waals surface area (Å²) in [4.78, 5) is 18.4. The largest absolute Gasteiger partial charge is 0.493 e. The lowest BCUT2D eigenvalue weighted by atomic mass is 10.0. The molecule has 1 aromatic carbocycles. The number of amides is 1. The molecule has 3 rings (SSSR count). The monoisotopic (exact) mass is 359 g/mol. The Morgan fingerprint density at radius 1 is 1.15 bits per heavy atom. The molecule has 6 nitrogen and oxygen atoms in total. The van der Waals surface area contributed by atoms with Gasteiger partial charge in [0.25, 0.3) is 5.91 Å². The van der Waals surface area contributed by atoms with Gasteiger partial charge in [-0.3, -0.25) is 4.79 Å². The van der Waals surface area contributed by atoms with Gasteiger partial charge >= 0.3 is 0 Å². The minimum Gasteiger partial charge on any atom is -0.493 e. The zero-order valence-electron chi connectivity index (χ0n) is 14.9. The number of pyridine rings is 1. The molecule has 0 radical (unpaired) electrons. The highest BCUT2D eigenvalue weighted by Crippen LogP contribution is 2.28. The van der Waals surface area contributed by atoms with Crippen molar-refractivity contribution < 1.29 is 18.7 Å². The van der Waals surface area contributed by atoms with E-state index in [1.165, 1.54) is 6.07 Å². The van der Waals surface area contributed by atoms with E-state index in [0.29, 0.717) is 36.0 Å². The number of halogens is 1. The summed E-state index contributed by atoms with van der Waals surface area (Å²) < 4.78 is 23.6. The second-order valence-corrected chi connectivity index (χ2v) is 6.13. The lowest BCUT2D eigenvalue weighted by molar-refractivity contribution is 0.0718. The predicted molar refractivity (Wildman–Crippen MR) is 96.3 cm³/mol. The van der Waals surface area contributed by atoms with Crippen molar-refractivity contribution in [3.05, 3.63) is 47.9 Å². The van der Waals surface area contributed by atoms with E-state index in [2.05, 4.69) is 10.3 Å². The van der Waals surface area contributed by atoms with E-state index in [1.54, 1.807) is 44.6 Å². The number of likely N-dealkylation sites (tertiary alicyclic amines) is 1. The predicted octanol–water partition coefficient (Wildman–Crippen LogP) is 2.95. The van der Waals surface area contributed by atoms with Crippen LogP contribution in [0.5, 0.6) is 11.5 Å². The highest BCUT2D eigenvalue weighted by molar-refractivity contribution is 5.95. The maximum absolute atomic E-state index is 13.2. The summed E-state index contributed by atoms with van der Waals surface area (Å²) in [6.07, 6.45) is 1.55. The van der Waals surface area contributed by atoms with Gasteiger partial charge in [-0.15, -0.1) is 0 Å². The Bertz CT molecular complexity index is 776. The quantitative estimate of drug-likeness (QED) is 0.832. The summed E-state index contributed by atoms with van der Waals surface area (Å²) in [6.45, 7) is 1.25. The van der Waals surface area contributed by atoms with Crippen LogP contribution < -0.4 is 14.8 Å². The number of aromatic nitrogens is 1. The number of carbonyl (C=O) groups excluding carboxylic acids is 1. The molecule has 1 amide bonds. The number of anilines is 1. The van der Waals surface area contributed by atoms with Crippen LogP contribution in [0, 0.1) is 5.95 Å². The molecule has 1 N–H and O–H groups in total. The Labute approximate surface area is 151 Å². The molecule has 0 aliphatic carbocycles. The minimum atomic E-state index is -0.504. The SMILES string of the molecule is COc1ccc(C(=O)N2CCC(Nc3cccc(F)n3)CC2)cc1OC. The Balaban J connectivity index is 1.60. The van der Waals surface area contributed by atoms with Crippen LogP contribution in [0.1, 0.15) is 23.2 Å². The van der Waals surface area contributed by atoms with Gasteiger partial charge in [-0.25, -0.2) is 4.98 Å².